The second-order valence-electron chi connectivity index (χ2n) is 5.40. The van der Waals surface area contributed by atoms with Crippen LogP contribution in [-0.2, 0) is 33.1 Å². The summed E-state index contributed by atoms with van der Waals surface area (Å²) in [4.78, 5) is 22.6. The first-order valence-corrected chi connectivity index (χ1v) is 7.36. The van der Waals surface area contributed by atoms with E-state index in [0.29, 0.717) is 0 Å². The van der Waals surface area contributed by atoms with E-state index in [1.54, 1.807) is 0 Å². The van der Waals surface area contributed by atoms with E-state index < -0.39 is 43.7 Å². The van der Waals surface area contributed by atoms with Gasteiger partial charge in [0.15, 0.2) is 6.10 Å². The lowest BCUT2D eigenvalue weighted by molar-refractivity contribution is -0.276. The second kappa shape index (κ2) is 6.70. The Balaban J connectivity index is 1.83. The summed E-state index contributed by atoms with van der Waals surface area (Å²) in [5.41, 5.74) is 0.826. The first-order chi connectivity index (χ1) is 11.0. The van der Waals surface area contributed by atoms with Crippen molar-refractivity contribution < 1.29 is 33.1 Å². The summed E-state index contributed by atoms with van der Waals surface area (Å²) in [5, 5.41) is 0. The maximum Gasteiger partial charge on any atom is 0.494 e. The maximum atomic E-state index is 11.3. The van der Waals surface area contributed by atoms with Crippen molar-refractivity contribution in [3.05, 3.63) is 30.3 Å². The molecule has 0 aliphatic carbocycles. The zero-order valence-corrected chi connectivity index (χ0v) is 12.8. The third-order valence-electron chi connectivity index (χ3n) is 3.62. The van der Waals surface area contributed by atoms with Crippen LogP contribution in [0.3, 0.4) is 0 Å². The van der Waals surface area contributed by atoms with E-state index in [4.69, 9.17) is 23.5 Å². The number of hydrogen-bond donors (Lipinski definition) is 0. The van der Waals surface area contributed by atoms with Gasteiger partial charge in [0.2, 0.25) is 6.29 Å². The largest absolute Gasteiger partial charge is 0.494 e. The molecule has 2 bridgehead atoms. The van der Waals surface area contributed by atoms with E-state index in [9.17, 15) is 9.59 Å². The molecule has 2 aliphatic rings. The molecule has 1 aromatic carbocycles. The summed E-state index contributed by atoms with van der Waals surface area (Å²) >= 11 is 0. The van der Waals surface area contributed by atoms with Gasteiger partial charge < -0.3 is 23.5 Å². The molecule has 0 radical (unpaired) electrons. The highest BCUT2D eigenvalue weighted by molar-refractivity contribution is 6.61. The molecule has 2 heterocycles. The van der Waals surface area contributed by atoms with Crippen molar-refractivity contribution in [2.24, 2.45) is 0 Å². The lowest BCUT2D eigenvalue weighted by Crippen LogP contribution is -2.66. The zero-order valence-electron chi connectivity index (χ0n) is 12.8. The molecule has 7 nitrogen and oxygen atoms in total. The lowest BCUT2D eigenvalue weighted by atomic mass is 9.76. The van der Waals surface area contributed by atoms with Crippen LogP contribution in [0.1, 0.15) is 13.8 Å². The number of carbonyl (C=O) groups is 2. The number of esters is 2. The van der Waals surface area contributed by atoms with Gasteiger partial charge in [0.05, 0.1) is 6.61 Å². The highest BCUT2D eigenvalue weighted by Gasteiger charge is 2.53. The fourth-order valence-corrected chi connectivity index (χ4v) is 2.70. The molecule has 8 heteroatoms. The molecule has 4 atom stereocenters. The minimum absolute atomic E-state index is 0.138. The van der Waals surface area contributed by atoms with Crippen LogP contribution in [0.5, 0.6) is 0 Å². The Morgan fingerprint density at radius 3 is 2.43 bits per heavy atom. The maximum absolute atomic E-state index is 11.3. The lowest BCUT2D eigenvalue weighted by Gasteiger charge is -2.46. The van der Waals surface area contributed by atoms with Crippen LogP contribution in [-0.4, -0.2) is 50.3 Å². The van der Waals surface area contributed by atoms with Gasteiger partial charge in [-0.1, -0.05) is 30.3 Å². The summed E-state index contributed by atoms with van der Waals surface area (Å²) in [7, 11) is -0.639. The predicted molar refractivity (Wildman–Crippen MR) is 78.6 cm³/mol. The van der Waals surface area contributed by atoms with E-state index in [0.717, 1.165) is 5.46 Å². The van der Waals surface area contributed by atoms with Gasteiger partial charge in [-0.15, -0.1) is 0 Å². The third kappa shape index (κ3) is 3.55. The molecular weight excluding hydrogens is 303 g/mol. The van der Waals surface area contributed by atoms with Gasteiger partial charge in [0, 0.05) is 13.8 Å². The summed E-state index contributed by atoms with van der Waals surface area (Å²) in [6.07, 6.45) is -2.87. The van der Waals surface area contributed by atoms with Gasteiger partial charge in [0.25, 0.3) is 0 Å². The van der Waals surface area contributed by atoms with Crippen LogP contribution in [0.15, 0.2) is 30.3 Å². The minimum atomic E-state index is -0.941. The summed E-state index contributed by atoms with van der Waals surface area (Å²) in [6, 6.07) is 9.37. The fourth-order valence-electron chi connectivity index (χ4n) is 2.70. The number of fused-ring (bicyclic) bond motifs is 2. The smallest absolute Gasteiger partial charge is 0.457 e. The average Bonchev–Trinajstić information content (AvgIpc) is 2.50. The Bertz CT molecular complexity index is 578. The van der Waals surface area contributed by atoms with E-state index in [1.807, 2.05) is 30.3 Å². The molecule has 0 spiro atoms. The number of benzene rings is 1. The molecule has 3 rings (SSSR count). The summed E-state index contributed by atoms with van der Waals surface area (Å²) in [5.74, 6) is -0.958. The van der Waals surface area contributed by atoms with Crippen LogP contribution in [0.25, 0.3) is 0 Å². The molecule has 2 aliphatic heterocycles. The van der Waals surface area contributed by atoms with E-state index in [-0.39, 0.29) is 6.61 Å². The van der Waals surface area contributed by atoms with Crippen LogP contribution >= 0.6 is 0 Å². The van der Waals surface area contributed by atoms with Crippen LogP contribution in [0.2, 0.25) is 0 Å². The Kier molecular flexibility index (Phi) is 4.65. The van der Waals surface area contributed by atoms with Crippen molar-refractivity contribution in [3.8, 4) is 0 Å². The van der Waals surface area contributed by atoms with Gasteiger partial charge in [-0.25, -0.2) is 0 Å². The van der Waals surface area contributed by atoms with E-state index in [2.05, 4.69) is 0 Å². The zero-order chi connectivity index (χ0) is 16.4. The SMILES string of the molecule is CC(=O)O[C@H]1OC[C@H]2OB(c3ccccc3)O[C@@H]1[C@@H]2OC(C)=O. The van der Waals surface area contributed by atoms with E-state index in [1.165, 1.54) is 13.8 Å². The molecule has 1 aromatic rings. The van der Waals surface area contributed by atoms with Gasteiger partial charge in [-0.05, 0) is 5.46 Å². The van der Waals surface area contributed by atoms with Gasteiger partial charge >= 0.3 is 19.1 Å². The number of rotatable bonds is 3. The van der Waals surface area contributed by atoms with Crippen molar-refractivity contribution in [1.29, 1.82) is 0 Å². The Labute approximate surface area is 133 Å². The van der Waals surface area contributed by atoms with Gasteiger partial charge in [-0.3, -0.25) is 9.59 Å². The van der Waals surface area contributed by atoms with Crippen molar-refractivity contribution in [3.63, 3.8) is 0 Å². The molecule has 0 unspecified atom stereocenters. The van der Waals surface area contributed by atoms with Gasteiger partial charge in [0.1, 0.15) is 12.2 Å². The summed E-state index contributed by atoms with van der Waals surface area (Å²) in [6.45, 7) is 2.73. The average molecular weight is 320 g/mol. The third-order valence-corrected chi connectivity index (χ3v) is 3.62. The highest BCUT2D eigenvalue weighted by atomic mass is 16.8. The number of ether oxygens (including phenoxy) is 3. The Morgan fingerprint density at radius 2 is 1.78 bits per heavy atom. The fraction of sp³-hybridized carbons (Fsp3) is 0.467. The number of carbonyl (C=O) groups excluding carboxylic acids is 2. The molecule has 23 heavy (non-hydrogen) atoms. The van der Waals surface area contributed by atoms with Gasteiger partial charge in [-0.2, -0.15) is 0 Å². The summed E-state index contributed by atoms with van der Waals surface area (Å²) < 4.78 is 27.6. The quantitative estimate of drug-likeness (QED) is 0.573. The molecule has 0 amide bonds. The van der Waals surface area contributed by atoms with Crippen molar-refractivity contribution in [1.82, 2.24) is 0 Å². The monoisotopic (exact) mass is 320 g/mol. The van der Waals surface area contributed by atoms with Crippen molar-refractivity contribution >= 4 is 24.5 Å². The Morgan fingerprint density at radius 1 is 1.09 bits per heavy atom. The molecule has 2 saturated heterocycles. The highest BCUT2D eigenvalue weighted by Crippen LogP contribution is 2.29. The molecule has 0 N–H and O–H groups in total. The van der Waals surface area contributed by atoms with Crippen LogP contribution in [0.4, 0.5) is 0 Å². The molecule has 2 fully saturated rings. The predicted octanol–water partition coefficient (Wildman–Crippen LogP) is 0.0169. The van der Waals surface area contributed by atoms with E-state index >= 15 is 0 Å². The normalized spacial score (nSPS) is 29.7. The topological polar surface area (TPSA) is 80.3 Å². The molecule has 0 aromatic heterocycles. The molecule has 0 saturated carbocycles. The van der Waals surface area contributed by atoms with Crippen molar-refractivity contribution in [2.45, 2.75) is 38.4 Å². The van der Waals surface area contributed by atoms with Crippen LogP contribution < -0.4 is 5.46 Å². The molecule has 122 valence electrons. The van der Waals surface area contributed by atoms with Crippen molar-refractivity contribution in [2.75, 3.05) is 6.61 Å². The number of hydrogen-bond acceptors (Lipinski definition) is 7. The minimum Gasteiger partial charge on any atom is -0.457 e. The molecular formula is C15H17BO7. The standard InChI is InChI=1S/C15H17BO7/c1-9(17)20-13-12-8-19-15(21-10(2)18)14(13)23-16(22-12)11-6-4-3-5-7-11/h3-7,12-15H,8H2,1-2H3/t12-,13-,14-,15-/m1/s1. The first-order valence-electron chi connectivity index (χ1n) is 7.36. The second-order valence-corrected chi connectivity index (χ2v) is 5.40. The Hall–Kier alpha value is -1.90. The van der Waals surface area contributed by atoms with Crippen LogP contribution in [0, 0.1) is 0 Å². The first kappa shape index (κ1) is 16.0.